The van der Waals surface area contributed by atoms with E-state index in [9.17, 15) is 9.59 Å². The number of carbonyl (C=O) groups excluding carboxylic acids is 1. The maximum Gasteiger partial charge on any atom is 0.250 e. The third kappa shape index (κ3) is 3.43. The molecule has 6 nitrogen and oxygen atoms in total. The molecular formula is C26H23N3O3S. The van der Waals surface area contributed by atoms with Crippen LogP contribution in [-0.2, 0) is 11.3 Å². The van der Waals surface area contributed by atoms with Gasteiger partial charge in [-0.25, -0.2) is 0 Å². The van der Waals surface area contributed by atoms with Crippen LogP contribution in [0.25, 0.3) is 0 Å². The molecule has 1 fully saturated rings. The second kappa shape index (κ2) is 7.85. The quantitative estimate of drug-likeness (QED) is 0.566. The first-order chi connectivity index (χ1) is 16.1. The van der Waals surface area contributed by atoms with Crippen LogP contribution in [0.2, 0.25) is 0 Å². The minimum Gasteiger partial charge on any atom is -0.457 e. The van der Waals surface area contributed by atoms with Crippen LogP contribution in [0.1, 0.15) is 35.1 Å². The highest BCUT2D eigenvalue weighted by atomic mass is 32.1. The number of aromatic nitrogens is 1. The minimum atomic E-state index is -0.493. The number of hydrogen-bond donors (Lipinski definition) is 1. The van der Waals surface area contributed by atoms with Gasteiger partial charge in [0.15, 0.2) is 5.11 Å². The average molecular weight is 458 g/mol. The van der Waals surface area contributed by atoms with Crippen LogP contribution in [0.5, 0.6) is 11.5 Å². The van der Waals surface area contributed by atoms with Crippen LogP contribution in [0.15, 0.2) is 71.5 Å². The first-order valence-corrected chi connectivity index (χ1v) is 11.6. The molecule has 3 aromatic rings. The lowest BCUT2D eigenvalue weighted by Crippen LogP contribution is -2.53. The maximum atomic E-state index is 13.5. The molecule has 0 spiro atoms. The van der Waals surface area contributed by atoms with Crippen molar-refractivity contribution in [3.63, 3.8) is 0 Å². The van der Waals surface area contributed by atoms with Crippen molar-refractivity contribution in [3.05, 3.63) is 93.9 Å². The fourth-order valence-corrected chi connectivity index (χ4v) is 5.76. The van der Waals surface area contributed by atoms with Crippen LogP contribution in [0.4, 0.5) is 0 Å². The summed E-state index contributed by atoms with van der Waals surface area (Å²) in [5.41, 5.74) is 2.79. The third-order valence-corrected chi connectivity index (χ3v) is 7.30. The smallest absolute Gasteiger partial charge is 0.250 e. The number of benzene rings is 2. The van der Waals surface area contributed by atoms with Gasteiger partial charge in [0.25, 0.3) is 5.56 Å². The molecule has 2 aromatic carbocycles. The number of piperidine rings is 1. The summed E-state index contributed by atoms with van der Waals surface area (Å²) in [6.07, 6.45) is 1.04. The number of rotatable bonds is 1. The van der Waals surface area contributed by atoms with Crippen LogP contribution in [-0.4, -0.2) is 33.6 Å². The number of nitrogens with one attached hydrogen (secondary N) is 1. The normalized spacial score (nSPS) is 20.7. The third-order valence-electron chi connectivity index (χ3n) is 6.94. The largest absolute Gasteiger partial charge is 0.457 e. The number of amides is 1. The van der Waals surface area contributed by atoms with Crippen molar-refractivity contribution >= 4 is 23.2 Å². The Morgan fingerprint density at radius 2 is 1.61 bits per heavy atom. The predicted octanol–water partition coefficient (Wildman–Crippen LogP) is 3.61. The molecule has 0 saturated carbocycles. The average Bonchev–Trinajstić information content (AvgIpc) is 2.83. The molecule has 7 heteroatoms. The monoisotopic (exact) mass is 457 g/mol. The topological polar surface area (TPSA) is 63.6 Å². The number of pyridine rings is 1. The van der Waals surface area contributed by atoms with Crippen LogP contribution < -0.4 is 15.6 Å². The highest BCUT2D eigenvalue weighted by Gasteiger charge is 2.37. The summed E-state index contributed by atoms with van der Waals surface area (Å²) in [5.74, 6) is 1.29. The van der Waals surface area contributed by atoms with Gasteiger partial charge in [0.2, 0.25) is 5.91 Å². The van der Waals surface area contributed by atoms with Crippen LogP contribution in [0, 0.1) is 5.92 Å². The van der Waals surface area contributed by atoms with Gasteiger partial charge >= 0.3 is 0 Å². The molecule has 2 atom stereocenters. The lowest BCUT2D eigenvalue weighted by molar-refractivity contribution is -0.120. The van der Waals surface area contributed by atoms with Crippen molar-refractivity contribution in [2.45, 2.75) is 24.8 Å². The summed E-state index contributed by atoms with van der Waals surface area (Å²) in [7, 11) is 0. The zero-order valence-electron chi connectivity index (χ0n) is 17.9. The number of hydrogen-bond acceptors (Lipinski definition) is 4. The number of carbonyl (C=O) groups is 1. The van der Waals surface area contributed by atoms with E-state index < -0.39 is 5.92 Å². The van der Waals surface area contributed by atoms with Crippen LogP contribution >= 0.6 is 12.2 Å². The first-order valence-electron chi connectivity index (χ1n) is 11.2. The van der Waals surface area contributed by atoms with E-state index in [1.807, 2.05) is 65.2 Å². The second-order valence-corrected chi connectivity index (χ2v) is 9.39. The van der Waals surface area contributed by atoms with Gasteiger partial charge in [-0.3, -0.25) is 9.59 Å². The van der Waals surface area contributed by atoms with E-state index in [0.29, 0.717) is 35.6 Å². The Morgan fingerprint density at radius 3 is 2.33 bits per heavy atom. The SMILES string of the molecule is O=C(NC(=S)N1C[C@@H]2C[C@H](C1)c1cccc(=O)n1C2)C1c2ccccc2Oc2ccccc21. The standard InChI is InChI=1S/C26H23N3O3S/c30-23-11-5-8-20-17-12-16(14-29(20)23)13-28(15-17)26(33)27-25(31)24-18-6-1-3-9-21(18)32-22-10-4-2-7-19(22)24/h1-11,16-17,24H,12-15H2,(H,27,31,33)/t16-,17+/m0/s1. The fraction of sp³-hybridized carbons (Fsp3) is 0.269. The Bertz CT molecular complexity index is 1290. The van der Waals surface area contributed by atoms with Gasteiger partial charge < -0.3 is 19.5 Å². The van der Waals surface area contributed by atoms with Gasteiger partial charge in [0.1, 0.15) is 11.5 Å². The van der Waals surface area contributed by atoms with Gasteiger partial charge in [-0.1, -0.05) is 42.5 Å². The zero-order valence-corrected chi connectivity index (χ0v) is 18.8. The van der Waals surface area contributed by atoms with E-state index in [-0.39, 0.29) is 17.4 Å². The molecular weight excluding hydrogens is 434 g/mol. The lowest BCUT2D eigenvalue weighted by atomic mass is 9.83. The Balaban J connectivity index is 1.25. The number of nitrogens with zero attached hydrogens (tertiary/aromatic N) is 2. The highest BCUT2D eigenvalue weighted by molar-refractivity contribution is 7.80. The van der Waals surface area contributed by atoms with E-state index in [0.717, 1.165) is 29.8 Å². The van der Waals surface area contributed by atoms with Crippen LogP contribution in [0.3, 0.4) is 0 Å². The van der Waals surface area contributed by atoms with Crippen molar-refractivity contribution in [3.8, 4) is 11.5 Å². The van der Waals surface area contributed by atoms with E-state index in [2.05, 4.69) is 10.2 Å². The van der Waals surface area contributed by atoms with Crippen molar-refractivity contribution in [2.75, 3.05) is 13.1 Å². The van der Waals surface area contributed by atoms with Gasteiger partial charge in [0, 0.05) is 48.4 Å². The summed E-state index contributed by atoms with van der Waals surface area (Å²) in [4.78, 5) is 27.9. The van der Waals surface area contributed by atoms with E-state index in [1.165, 1.54) is 0 Å². The van der Waals surface area contributed by atoms with Crippen molar-refractivity contribution in [1.82, 2.24) is 14.8 Å². The molecule has 1 N–H and O–H groups in total. The van der Waals surface area contributed by atoms with Crippen molar-refractivity contribution in [1.29, 1.82) is 0 Å². The molecule has 1 amide bonds. The highest BCUT2D eigenvalue weighted by Crippen LogP contribution is 2.44. The molecule has 1 saturated heterocycles. The first kappa shape index (κ1) is 20.2. The fourth-order valence-electron chi connectivity index (χ4n) is 5.51. The van der Waals surface area contributed by atoms with E-state index in [4.69, 9.17) is 17.0 Å². The number of para-hydroxylation sites is 2. The Labute approximate surface area is 196 Å². The number of thiocarbonyl (C=S) groups is 1. The Hall–Kier alpha value is -3.45. The van der Waals surface area contributed by atoms with Gasteiger partial charge in [-0.15, -0.1) is 0 Å². The molecule has 4 heterocycles. The zero-order chi connectivity index (χ0) is 22.5. The molecule has 1 aromatic heterocycles. The van der Waals surface area contributed by atoms with E-state index >= 15 is 0 Å². The summed E-state index contributed by atoms with van der Waals surface area (Å²) in [6.45, 7) is 2.12. The minimum absolute atomic E-state index is 0.0587. The summed E-state index contributed by atoms with van der Waals surface area (Å²) in [5, 5.41) is 3.47. The number of ether oxygens (including phenoxy) is 1. The Kier molecular flexibility index (Phi) is 4.80. The van der Waals surface area contributed by atoms with Gasteiger partial charge in [-0.2, -0.15) is 0 Å². The number of likely N-dealkylation sites (tertiary alicyclic amines) is 1. The van der Waals surface area contributed by atoms with Crippen molar-refractivity contribution in [2.24, 2.45) is 5.92 Å². The summed E-state index contributed by atoms with van der Waals surface area (Å²) in [6, 6.07) is 20.7. The molecule has 0 unspecified atom stereocenters. The molecule has 6 rings (SSSR count). The maximum absolute atomic E-state index is 13.5. The molecule has 3 aliphatic rings. The lowest BCUT2D eigenvalue weighted by Gasteiger charge is -2.43. The van der Waals surface area contributed by atoms with Gasteiger partial charge in [0.05, 0.1) is 5.92 Å². The molecule has 3 aliphatic heterocycles. The van der Waals surface area contributed by atoms with Crippen molar-refractivity contribution < 1.29 is 9.53 Å². The number of fused-ring (bicyclic) bond motifs is 6. The predicted molar refractivity (Wildman–Crippen MR) is 129 cm³/mol. The van der Waals surface area contributed by atoms with E-state index in [1.54, 1.807) is 6.07 Å². The van der Waals surface area contributed by atoms with Gasteiger partial charge in [-0.05, 0) is 42.8 Å². The second-order valence-electron chi connectivity index (χ2n) is 9.01. The summed E-state index contributed by atoms with van der Waals surface area (Å²) < 4.78 is 7.92. The molecule has 0 aliphatic carbocycles. The molecule has 166 valence electrons. The molecule has 33 heavy (non-hydrogen) atoms. The summed E-state index contributed by atoms with van der Waals surface area (Å²) >= 11 is 5.71. The molecule has 2 bridgehead atoms. The molecule has 0 radical (unpaired) electrons. The Morgan fingerprint density at radius 1 is 0.909 bits per heavy atom.